The van der Waals surface area contributed by atoms with Gasteiger partial charge in [0, 0.05) is 30.9 Å². The standard InChI is InChI=1S/C15H15N3OS/c1-19-12-5-6-14-13(10-12)17-15(20)18(14)9-7-11-4-2-3-8-16-11/h2-6,8,10H,7,9H2,1H3,(H,17,20). The van der Waals surface area contributed by atoms with Gasteiger partial charge in [-0.3, -0.25) is 4.98 Å². The van der Waals surface area contributed by atoms with Crippen molar-refractivity contribution < 1.29 is 4.74 Å². The van der Waals surface area contributed by atoms with Crippen molar-refractivity contribution in [2.75, 3.05) is 7.11 Å². The van der Waals surface area contributed by atoms with Crippen molar-refractivity contribution in [3.05, 3.63) is 53.1 Å². The highest BCUT2D eigenvalue weighted by Crippen LogP contribution is 2.20. The molecule has 2 aromatic heterocycles. The third-order valence-corrected chi connectivity index (χ3v) is 3.62. The smallest absolute Gasteiger partial charge is 0.178 e. The number of ether oxygens (including phenoxy) is 1. The second-order valence-electron chi connectivity index (χ2n) is 4.54. The number of fused-ring (bicyclic) bond motifs is 1. The van der Waals surface area contributed by atoms with Crippen LogP contribution in [0.15, 0.2) is 42.6 Å². The first kappa shape index (κ1) is 12.9. The molecule has 0 aliphatic rings. The van der Waals surface area contributed by atoms with Crippen LogP contribution in [0.1, 0.15) is 5.69 Å². The highest BCUT2D eigenvalue weighted by molar-refractivity contribution is 7.71. The molecule has 0 aliphatic carbocycles. The van der Waals surface area contributed by atoms with E-state index in [9.17, 15) is 0 Å². The lowest BCUT2D eigenvalue weighted by Gasteiger charge is -2.05. The molecule has 0 bridgehead atoms. The number of imidazole rings is 1. The Morgan fingerprint density at radius 3 is 2.95 bits per heavy atom. The Hall–Kier alpha value is -2.14. The molecule has 0 amide bonds. The molecule has 0 saturated carbocycles. The molecule has 0 fully saturated rings. The minimum atomic E-state index is 0.726. The molecule has 2 heterocycles. The van der Waals surface area contributed by atoms with Crippen molar-refractivity contribution in [3.8, 4) is 5.75 Å². The molecule has 0 saturated heterocycles. The van der Waals surface area contributed by atoms with Crippen molar-refractivity contribution in [1.82, 2.24) is 14.5 Å². The molecule has 5 heteroatoms. The largest absolute Gasteiger partial charge is 0.497 e. The fourth-order valence-corrected chi connectivity index (χ4v) is 2.56. The number of nitrogens with one attached hydrogen (secondary N) is 1. The number of rotatable bonds is 4. The molecule has 0 unspecified atom stereocenters. The number of hydrogen-bond donors (Lipinski definition) is 1. The van der Waals surface area contributed by atoms with Gasteiger partial charge in [0.05, 0.1) is 18.1 Å². The Balaban J connectivity index is 1.91. The van der Waals surface area contributed by atoms with Crippen LogP contribution in [0.4, 0.5) is 0 Å². The molecule has 0 atom stereocenters. The number of benzene rings is 1. The third kappa shape index (κ3) is 2.44. The molecule has 1 N–H and O–H groups in total. The second kappa shape index (κ2) is 5.46. The molecule has 0 spiro atoms. The van der Waals surface area contributed by atoms with E-state index in [0.717, 1.165) is 40.2 Å². The van der Waals surface area contributed by atoms with Gasteiger partial charge in [0.15, 0.2) is 4.77 Å². The Labute approximate surface area is 122 Å². The summed E-state index contributed by atoms with van der Waals surface area (Å²) >= 11 is 5.39. The normalized spacial score (nSPS) is 10.8. The van der Waals surface area contributed by atoms with Gasteiger partial charge in [-0.05, 0) is 36.5 Å². The van der Waals surface area contributed by atoms with Gasteiger partial charge in [0.1, 0.15) is 5.75 Å². The topological polar surface area (TPSA) is 42.8 Å². The van der Waals surface area contributed by atoms with Crippen LogP contribution in [0.5, 0.6) is 5.75 Å². The van der Waals surface area contributed by atoms with E-state index in [-0.39, 0.29) is 0 Å². The van der Waals surface area contributed by atoms with Crippen LogP contribution in [0, 0.1) is 4.77 Å². The Morgan fingerprint density at radius 2 is 2.20 bits per heavy atom. The van der Waals surface area contributed by atoms with Gasteiger partial charge in [-0.15, -0.1) is 0 Å². The van der Waals surface area contributed by atoms with Gasteiger partial charge in [0.2, 0.25) is 0 Å². The van der Waals surface area contributed by atoms with Crippen LogP contribution in [0.25, 0.3) is 11.0 Å². The van der Waals surface area contributed by atoms with E-state index < -0.39 is 0 Å². The van der Waals surface area contributed by atoms with E-state index in [1.807, 2.05) is 42.6 Å². The molecule has 3 rings (SSSR count). The van der Waals surface area contributed by atoms with Crippen LogP contribution in [0.3, 0.4) is 0 Å². The highest BCUT2D eigenvalue weighted by Gasteiger charge is 2.06. The zero-order valence-electron chi connectivity index (χ0n) is 11.2. The van der Waals surface area contributed by atoms with Crippen LogP contribution >= 0.6 is 12.2 Å². The van der Waals surface area contributed by atoms with Crippen LogP contribution in [-0.2, 0) is 13.0 Å². The van der Waals surface area contributed by atoms with Crippen LogP contribution < -0.4 is 4.74 Å². The Bertz CT molecular complexity index is 777. The van der Waals surface area contributed by atoms with Crippen molar-refractivity contribution in [2.45, 2.75) is 13.0 Å². The number of aromatic nitrogens is 3. The van der Waals surface area contributed by atoms with Crippen molar-refractivity contribution >= 4 is 23.3 Å². The molecule has 102 valence electrons. The number of aromatic amines is 1. The monoisotopic (exact) mass is 285 g/mol. The lowest BCUT2D eigenvalue weighted by Crippen LogP contribution is -2.02. The summed E-state index contributed by atoms with van der Waals surface area (Å²) in [5.41, 5.74) is 3.15. The number of H-pyrrole nitrogens is 1. The quantitative estimate of drug-likeness (QED) is 0.748. The predicted molar refractivity (Wildman–Crippen MR) is 81.6 cm³/mol. The number of methoxy groups -OCH3 is 1. The lowest BCUT2D eigenvalue weighted by molar-refractivity contribution is 0.415. The fraction of sp³-hybridized carbons (Fsp3) is 0.200. The summed E-state index contributed by atoms with van der Waals surface area (Å²) < 4.78 is 8.05. The molecular weight excluding hydrogens is 270 g/mol. The molecule has 20 heavy (non-hydrogen) atoms. The third-order valence-electron chi connectivity index (χ3n) is 3.30. The second-order valence-corrected chi connectivity index (χ2v) is 4.92. The number of nitrogens with zero attached hydrogens (tertiary/aromatic N) is 2. The molecule has 0 radical (unpaired) electrons. The minimum absolute atomic E-state index is 0.726. The van der Waals surface area contributed by atoms with Crippen LogP contribution in [-0.4, -0.2) is 21.6 Å². The van der Waals surface area contributed by atoms with Gasteiger partial charge < -0.3 is 14.3 Å². The fourth-order valence-electron chi connectivity index (χ4n) is 2.26. The van der Waals surface area contributed by atoms with E-state index in [4.69, 9.17) is 17.0 Å². The van der Waals surface area contributed by atoms with E-state index in [0.29, 0.717) is 0 Å². The summed E-state index contributed by atoms with van der Waals surface area (Å²) in [6.45, 7) is 0.808. The van der Waals surface area contributed by atoms with Crippen molar-refractivity contribution in [2.24, 2.45) is 0 Å². The van der Waals surface area contributed by atoms with Gasteiger partial charge in [0.25, 0.3) is 0 Å². The first-order valence-corrected chi connectivity index (χ1v) is 6.85. The van der Waals surface area contributed by atoms with Gasteiger partial charge in [-0.1, -0.05) is 6.07 Å². The first-order valence-electron chi connectivity index (χ1n) is 6.44. The Kier molecular flexibility index (Phi) is 3.52. The number of pyridine rings is 1. The summed E-state index contributed by atoms with van der Waals surface area (Å²) in [4.78, 5) is 7.55. The maximum Gasteiger partial charge on any atom is 0.178 e. The zero-order chi connectivity index (χ0) is 13.9. The highest BCUT2D eigenvalue weighted by atomic mass is 32.1. The molecule has 4 nitrogen and oxygen atoms in total. The number of aryl methyl sites for hydroxylation is 2. The van der Waals surface area contributed by atoms with Gasteiger partial charge >= 0.3 is 0 Å². The van der Waals surface area contributed by atoms with Gasteiger partial charge in [-0.25, -0.2) is 0 Å². The summed E-state index contributed by atoms with van der Waals surface area (Å²) in [7, 11) is 1.66. The summed E-state index contributed by atoms with van der Waals surface area (Å²) in [5, 5.41) is 0. The van der Waals surface area contributed by atoms with E-state index in [1.165, 1.54) is 0 Å². The Morgan fingerprint density at radius 1 is 1.30 bits per heavy atom. The summed E-state index contributed by atoms with van der Waals surface area (Å²) in [6.07, 6.45) is 2.67. The van der Waals surface area contributed by atoms with Crippen LogP contribution in [0.2, 0.25) is 0 Å². The van der Waals surface area contributed by atoms with E-state index >= 15 is 0 Å². The molecular formula is C15H15N3OS. The average Bonchev–Trinajstić information content (AvgIpc) is 2.80. The molecule has 0 aliphatic heterocycles. The summed E-state index contributed by atoms with van der Waals surface area (Å²) in [6, 6.07) is 11.9. The SMILES string of the molecule is COc1ccc2c(c1)[nH]c(=S)n2CCc1ccccn1. The molecule has 1 aromatic carbocycles. The molecule has 3 aromatic rings. The number of hydrogen-bond acceptors (Lipinski definition) is 3. The summed E-state index contributed by atoms with van der Waals surface area (Å²) in [5.74, 6) is 0.825. The maximum absolute atomic E-state index is 5.39. The first-order chi connectivity index (χ1) is 9.78. The van der Waals surface area contributed by atoms with E-state index in [2.05, 4.69) is 14.5 Å². The lowest BCUT2D eigenvalue weighted by atomic mass is 10.2. The van der Waals surface area contributed by atoms with Crippen molar-refractivity contribution in [3.63, 3.8) is 0 Å². The van der Waals surface area contributed by atoms with E-state index in [1.54, 1.807) is 7.11 Å². The predicted octanol–water partition coefficient (Wildman–Crippen LogP) is 3.35. The minimum Gasteiger partial charge on any atom is -0.497 e. The van der Waals surface area contributed by atoms with Gasteiger partial charge in [-0.2, -0.15) is 0 Å². The maximum atomic E-state index is 5.39. The zero-order valence-corrected chi connectivity index (χ0v) is 12.0. The average molecular weight is 285 g/mol. The van der Waals surface area contributed by atoms with Crippen molar-refractivity contribution in [1.29, 1.82) is 0 Å².